The lowest BCUT2D eigenvalue weighted by atomic mass is 10.4. The van der Waals surface area contributed by atoms with Crippen LogP contribution in [0.3, 0.4) is 0 Å². The molecular weight excluding hydrogens is 170 g/mol. The monoisotopic (exact) mass is 183 g/mol. The fraction of sp³-hybridized carbons (Fsp3) is 0.500. The standard InChI is InChI=1S/C8H13N3O2/c1-3-4-13-8(12)7-6(9)5-10-11(7)2/h5H,3-4,9H2,1-2H3. The summed E-state index contributed by atoms with van der Waals surface area (Å²) in [7, 11) is 1.65. The van der Waals surface area contributed by atoms with Crippen molar-refractivity contribution in [1.82, 2.24) is 9.78 Å². The van der Waals surface area contributed by atoms with Crippen LogP contribution in [0.25, 0.3) is 0 Å². The van der Waals surface area contributed by atoms with E-state index in [1.54, 1.807) is 7.05 Å². The number of nitrogens with zero attached hydrogens (tertiary/aromatic N) is 2. The number of ether oxygens (including phenoxy) is 1. The minimum Gasteiger partial charge on any atom is -0.461 e. The van der Waals surface area contributed by atoms with E-state index in [0.29, 0.717) is 18.0 Å². The van der Waals surface area contributed by atoms with Gasteiger partial charge in [0.2, 0.25) is 0 Å². The predicted octanol–water partition coefficient (Wildman–Crippen LogP) is 0.569. The third-order valence-corrected chi connectivity index (χ3v) is 1.60. The van der Waals surface area contributed by atoms with E-state index in [4.69, 9.17) is 10.5 Å². The Morgan fingerprint density at radius 2 is 2.46 bits per heavy atom. The van der Waals surface area contributed by atoms with Crippen molar-refractivity contribution in [1.29, 1.82) is 0 Å². The largest absolute Gasteiger partial charge is 0.461 e. The molecule has 0 saturated heterocycles. The van der Waals surface area contributed by atoms with Crippen molar-refractivity contribution in [3.05, 3.63) is 11.9 Å². The van der Waals surface area contributed by atoms with Gasteiger partial charge in [-0.1, -0.05) is 6.92 Å². The number of rotatable bonds is 3. The molecule has 0 radical (unpaired) electrons. The molecular formula is C8H13N3O2. The molecule has 72 valence electrons. The second kappa shape index (κ2) is 3.93. The molecule has 5 heteroatoms. The summed E-state index contributed by atoms with van der Waals surface area (Å²) in [5.41, 5.74) is 6.19. The van der Waals surface area contributed by atoms with Gasteiger partial charge in [-0.2, -0.15) is 5.10 Å². The van der Waals surface area contributed by atoms with Gasteiger partial charge in [0.25, 0.3) is 0 Å². The van der Waals surface area contributed by atoms with Gasteiger partial charge in [0.15, 0.2) is 5.69 Å². The van der Waals surface area contributed by atoms with Crippen LogP contribution in [-0.4, -0.2) is 22.4 Å². The minimum atomic E-state index is -0.417. The Balaban J connectivity index is 2.76. The molecule has 0 saturated carbocycles. The number of hydrogen-bond acceptors (Lipinski definition) is 4. The molecule has 0 unspecified atom stereocenters. The van der Waals surface area contributed by atoms with Gasteiger partial charge < -0.3 is 10.5 Å². The van der Waals surface area contributed by atoms with Gasteiger partial charge in [-0.05, 0) is 6.42 Å². The summed E-state index contributed by atoms with van der Waals surface area (Å²) < 4.78 is 6.33. The predicted molar refractivity (Wildman–Crippen MR) is 48.2 cm³/mol. The number of carbonyl (C=O) groups excluding carboxylic acids is 1. The highest BCUT2D eigenvalue weighted by molar-refractivity contribution is 5.92. The minimum absolute atomic E-state index is 0.313. The highest BCUT2D eigenvalue weighted by atomic mass is 16.5. The topological polar surface area (TPSA) is 70.1 Å². The molecule has 1 aromatic heterocycles. The second-order valence-electron chi connectivity index (χ2n) is 2.71. The lowest BCUT2D eigenvalue weighted by Gasteiger charge is -2.03. The molecule has 0 aromatic carbocycles. The molecule has 5 nitrogen and oxygen atoms in total. The van der Waals surface area contributed by atoms with Gasteiger partial charge in [-0.15, -0.1) is 0 Å². The zero-order chi connectivity index (χ0) is 9.84. The van der Waals surface area contributed by atoms with Crippen LogP contribution in [0.4, 0.5) is 5.69 Å². The van der Waals surface area contributed by atoms with Crippen LogP contribution >= 0.6 is 0 Å². The lowest BCUT2D eigenvalue weighted by Crippen LogP contribution is -2.13. The first-order chi connectivity index (χ1) is 6.16. The molecule has 2 N–H and O–H groups in total. The van der Waals surface area contributed by atoms with Gasteiger partial charge in [-0.25, -0.2) is 4.79 Å². The van der Waals surface area contributed by atoms with Crippen molar-refractivity contribution in [3.63, 3.8) is 0 Å². The van der Waals surface area contributed by atoms with Gasteiger partial charge in [0, 0.05) is 7.05 Å². The maximum Gasteiger partial charge on any atom is 0.358 e. The number of hydrogen-bond donors (Lipinski definition) is 1. The molecule has 13 heavy (non-hydrogen) atoms. The number of nitrogens with two attached hydrogens (primary N) is 1. The Kier molecular flexibility index (Phi) is 2.89. The molecule has 0 amide bonds. The van der Waals surface area contributed by atoms with E-state index in [-0.39, 0.29) is 0 Å². The molecule has 0 spiro atoms. The number of aryl methyl sites for hydroxylation is 1. The van der Waals surface area contributed by atoms with Crippen LogP contribution in [0.2, 0.25) is 0 Å². The summed E-state index contributed by atoms with van der Waals surface area (Å²) in [5.74, 6) is -0.417. The third-order valence-electron chi connectivity index (χ3n) is 1.60. The molecule has 0 fully saturated rings. The number of aromatic nitrogens is 2. The van der Waals surface area contributed by atoms with E-state index in [9.17, 15) is 4.79 Å². The SMILES string of the molecule is CCCOC(=O)c1c(N)cnn1C. The lowest BCUT2D eigenvalue weighted by molar-refractivity contribution is 0.0493. The summed E-state index contributed by atoms with van der Waals surface area (Å²) in [5, 5.41) is 3.84. The van der Waals surface area contributed by atoms with Gasteiger partial charge in [-0.3, -0.25) is 4.68 Å². The van der Waals surface area contributed by atoms with E-state index >= 15 is 0 Å². The summed E-state index contributed by atoms with van der Waals surface area (Å²) in [6.45, 7) is 2.34. The first-order valence-electron chi connectivity index (χ1n) is 4.11. The number of esters is 1. The first kappa shape index (κ1) is 9.57. The van der Waals surface area contributed by atoms with Crippen molar-refractivity contribution in [2.45, 2.75) is 13.3 Å². The first-order valence-corrected chi connectivity index (χ1v) is 4.11. The zero-order valence-corrected chi connectivity index (χ0v) is 7.78. The molecule has 0 aliphatic heterocycles. The van der Waals surface area contributed by atoms with Crippen LogP contribution in [-0.2, 0) is 11.8 Å². The van der Waals surface area contributed by atoms with Crippen molar-refractivity contribution in [2.75, 3.05) is 12.3 Å². The van der Waals surface area contributed by atoms with E-state index in [2.05, 4.69) is 5.10 Å². The summed E-state index contributed by atoms with van der Waals surface area (Å²) in [6.07, 6.45) is 2.23. The van der Waals surface area contributed by atoms with Crippen LogP contribution < -0.4 is 5.73 Å². The van der Waals surface area contributed by atoms with Crippen molar-refractivity contribution < 1.29 is 9.53 Å². The summed E-state index contributed by atoms with van der Waals surface area (Å²) in [6, 6.07) is 0. The zero-order valence-electron chi connectivity index (χ0n) is 7.78. The smallest absolute Gasteiger partial charge is 0.358 e. The van der Waals surface area contributed by atoms with Gasteiger partial charge >= 0.3 is 5.97 Å². The molecule has 0 atom stereocenters. The van der Waals surface area contributed by atoms with E-state index in [0.717, 1.165) is 6.42 Å². The van der Waals surface area contributed by atoms with E-state index in [1.165, 1.54) is 10.9 Å². The van der Waals surface area contributed by atoms with Crippen LogP contribution in [0.5, 0.6) is 0 Å². The van der Waals surface area contributed by atoms with Gasteiger partial charge in [0.05, 0.1) is 18.5 Å². The van der Waals surface area contributed by atoms with Crippen LogP contribution in [0.1, 0.15) is 23.8 Å². The highest BCUT2D eigenvalue weighted by Crippen LogP contribution is 2.10. The summed E-state index contributed by atoms with van der Waals surface area (Å²) in [4.78, 5) is 11.3. The highest BCUT2D eigenvalue weighted by Gasteiger charge is 2.15. The molecule has 1 aromatic rings. The van der Waals surface area contributed by atoms with Crippen LogP contribution in [0, 0.1) is 0 Å². The average Bonchev–Trinajstić information content (AvgIpc) is 2.42. The number of anilines is 1. The summed E-state index contributed by atoms with van der Waals surface area (Å²) >= 11 is 0. The Morgan fingerprint density at radius 3 is 2.92 bits per heavy atom. The number of nitrogen functional groups attached to an aromatic ring is 1. The third kappa shape index (κ3) is 1.99. The van der Waals surface area contributed by atoms with Crippen molar-refractivity contribution >= 4 is 11.7 Å². The van der Waals surface area contributed by atoms with Gasteiger partial charge in [0.1, 0.15) is 0 Å². The van der Waals surface area contributed by atoms with E-state index < -0.39 is 5.97 Å². The quantitative estimate of drug-likeness (QED) is 0.695. The molecule has 1 heterocycles. The van der Waals surface area contributed by atoms with Crippen molar-refractivity contribution in [3.8, 4) is 0 Å². The molecule has 0 aliphatic rings. The maximum atomic E-state index is 11.3. The Hall–Kier alpha value is -1.52. The Bertz CT molecular complexity index is 287. The Labute approximate surface area is 76.5 Å². The van der Waals surface area contributed by atoms with Crippen LogP contribution in [0.15, 0.2) is 6.20 Å². The molecule has 0 bridgehead atoms. The fourth-order valence-corrected chi connectivity index (χ4v) is 0.968. The molecule has 1 rings (SSSR count). The maximum absolute atomic E-state index is 11.3. The molecule has 0 aliphatic carbocycles. The average molecular weight is 183 g/mol. The Morgan fingerprint density at radius 1 is 1.77 bits per heavy atom. The second-order valence-corrected chi connectivity index (χ2v) is 2.71. The van der Waals surface area contributed by atoms with E-state index in [1.807, 2.05) is 6.92 Å². The fourth-order valence-electron chi connectivity index (χ4n) is 0.968. The van der Waals surface area contributed by atoms with Crippen molar-refractivity contribution in [2.24, 2.45) is 7.05 Å². The normalized spacial score (nSPS) is 10.0. The number of carbonyl (C=O) groups is 1.